The van der Waals surface area contributed by atoms with Gasteiger partial charge in [-0.3, -0.25) is 24.3 Å². The SMILES string of the molecule is CCOC(=O)CCc1nccn1-c1ccc(C(C)=O)cc1[N+](=O)[O-]. The van der Waals surface area contributed by atoms with Crippen molar-refractivity contribution in [3.05, 3.63) is 52.1 Å². The van der Waals surface area contributed by atoms with E-state index < -0.39 is 4.92 Å². The van der Waals surface area contributed by atoms with E-state index in [1.54, 1.807) is 17.7 Å². The minimum absolute atomic E-state index is 0.129. The second-order valence-electron chi connectivity index (χ2n) is 5.04. The van der Waals surface area contributed by atoms with Crippen molar-refractivity contribution in [2.45, 2.75) is 26.7 Å². The molecule has 0 amide bonds. The lowest BCUT2D eigenvalue weighted by molar-refractivity contribution is -0.384. The lowest BCUT2D eigenvalue weighted by Crippen LogP contribution is -2.09. The normalized spacial score (nSPS) is 10.4. The molecular weight excluding hydrogens is 314 g/mol. The highest BCUT2D eigenvalue weighted by atomic mass is 16.6. The molecule has 2 rings (SSSR count). The highest BCUT2D eigenvalue weighted by molar-refractivity contribution is 5.95. The van der Waals surface area contributed by atoms with Crippen molar-refractivity contribution < 1.29 is 19.2 Å². The number of rotatable bonds is 7. The second kappa shape index (κ2) is 7.49. The number of carbonyl (C=O) groups is 2. The Bertz CT molecular complexity index is 782. The number of ketones is 1. The van der Waals surface area contributed by atoms with E-state index in [9.17, 15) is 19.7 Å². The number of aromatic nitrogens is 2. The lowest BCUT2D eigenvalue weighted by atomic mass is 10.1. The minimum Gasteiger partial charge on any atom is -0.466 e. The van der Waals surface area contributed by atoms with Gasteiger partial charge in [-0.1, -0.05) is 0 Å². The molecule has 1 aromatic carbocycles. The molecule has 0 unspecified atom stereocenters. The average molecular weight is 331 g/mol. The van der Waals surface area contributed by atoms with Crippen LogP contribution in [0.1, 0.15) is 36.5 Å². The van der Waals surface area contributed by atoms with Gasteiger partial charge in [-0.05, 0) is 26.0 Å². The molecule has 8 heteroatoms. The van der Waals surface area contributed by atoms with Crippen LogP contribution in [0.4, 0.5) is 5.69 Å². The third kappa shape index (κ3) is 3.83. The summed E-state index contributed by atoms with van der Waals surface area (Å²) in [4.78, 5) is 37.9. The summed E-state index contributed by atoms with van der Waals surface area (Å²) < 4.78 is 6.41. The number of carbonyl (C=O) groups excluding carboxylic acids is 2. The first-order chi connectivity index (χ1) is 11.4. The number of imidazole rings is 1. The topological polar surface area (TPSA) is 104 Å². The molecule has 8 nitrogen and oxygen atoms in total. The Kier molecular flexibility index (Phi) is 5.41. The van der Waals surface area contributed by atoms with Crippen LogP contribution in [0.15, 0.2) is 30.6 Å². The zero-order valence-corrected chi connectivity index (χ0v) is 13.4. The van der Waals surface area contributed by atoms with Crippen LogP contribution < -0.4 is 0 Å². The Hall–Kier alpha value is -3.03. The monoisotopic (exact) mass is 331 g/mol. The zero-order chi connectivity index (χ0) is 17.7. The quantitative estimate of drug-likeness (QED) is 0.334. The fourth-order valence-electron chi connectivity index (χ4n) is 2.28. The summed E-state index contributed by atoms with van der Waals surface area (Å²) in [6, 6.07) is 4.27. The van der Waals surface area contributed by atoms with Crippen LogP contribution in [0, 0.1) is 10.1 Å². The lowest BCUT2D eigenvalue weighted by Gasteiger charge is -2.09. The van der Waals surface area contributed by atoms with Crippen molar-refractivity contribution in [2.24, 2.45) is 0 Å². The van der Waals surface area contributed by atoms with E-state index in [0.717, 1.165) is 0 Å². The van der Waals surface area contributed by atoms with Crippen molar-refractivity contribution in [1.29, 1.82) is 0 Å². The predicted octanol–water partition coefficient (Wildman–Crippen LogP) is 2.48. The maximum Gasteiger partial charge on any atom is 0.306 e. The van der Waals surface area contributed by atoms with Crippen molar-refractivity contribution >= 4 is 17.4 Å². The van der Waals surface area contributed by atoms with Gasteiger partial charge in [0.05, 0.1) is 18.0 Å². The fourth-order valence-corrected chi connectivity index (χ4v) is 2.28. The molecule has 1 heterocycles. The van der Waals surface area contributed by atoms with Gasteiger partial charge in [0, 0.05) is 30.4 Å². The van der Waals surface area contributed by atoms with Crippen LogP contribution in [-0.2, 0) is 16.0 Å². The van der Waals surface area contributed by atoms with Gasteiger partial charge in [-0.2, -0.15) is 0 Å². The summed E-state index contributed by atoms with van der Waals surface area (Å²) in [6.07, 6.45) is 3.50. The van der Waals surface area contributed by atoms with Crippen molar-refractivity contribution in [3.8, 4) is 5.69 Å². The molecule has 0 saturated heterocycles. The number of hydrogen-bond donors (Lipinski definition) is 0. The Morgan fingerprint density at radius 3 is 2.75 bits per heavy atom. The Balaban J connectivity index is 2.35. The minimum atomic E-state index is -0.545. The van der Waals surface area contributed by atoms with Gasteiger partial charge < -0.3 is 4.74 Å². The molecule has 0 atom stereocenters. The molecule has 24 heavy (non-hydrogen) atoms. The molecule has 0 fully saturated rings. The Labute approximate surface area is 138 Å². The maximum atomic E-state index is 11.5. The molecule has 0 saturated carbocycles. The highest BCUT2D eigenvalue weighted by Gasteiger charge is 2.20. The van der Waals surface area contributed by atoms with E-state index in [-0.39, 0.29) is 35.8 Å². The number of benzene rings is 1. The van der Waals surface area contributed by atoms with Gasteiger partial charge in [-0.25, -0.2) is 4.98 Å². The summed E-state index contributed by atoms with van der Waals surface area (Å²) >= 11 is 0. The molecule has 2 aromatic rings. The van der Waals surface area contributed by atoms with E-state index in [1.165, 1.54) is 31.3 Å². The first-order valence-corrected chi connectivity index (χ1v) is 7.41. The van der Waals surface area contributed by atoms with Crippen LogP contribution in [-0.4, -0.2) is 32.8 Å². The molecule has 0 aliphatic carbocycles. The number of esters is 1. The van der Waals surface area contributed by atoms with Crippen LogP contribution in [0.25, 0.3) is 5.69 Å². The van der Waals surface area contributed by atoms with E-state index in [1.807, 2.05) is 0 Å². The van der Waals surface area contributed by atoms with Gasteiger partial charge in [0.1, 0.15) is 11.5 Å². The molecule has 126 valence electrons. The number of nitro benzene ring substituents is 1. The van der Waals surface area contributed by atoms with Gasteiger partial charge in [0.15, 0.2) is 5.78 Å². The fraction of sp³-hybridized carbons (Fsp3) is 0.312. The Morgan fingerprint density at radius 2 is 2.12 bits per heavy atom. The smallest absolute Gasteiger partial charge is 0.306 e. The Morgan fingerprint density at radius 1 is 1.38 bits per heavy atom. The van der Waals surface area contributed by atoms with E-state index in [0.29, 0.717) is 18.1 Å². The molecule has 0 bridgehead atoms. The van der Waals surface area contributed by atoms with E-state index in [2.05, 4.69) is 4.98 Å². The molecule has 1 aromatic heterocycles. The largest absolute Gasteiger partial charge is 0.466 e. The summed E-state index contributed by atoms with van der Waals surface area (Å²) in [6.45, 7) is 3.37. The number of aryl methyl sites for hydroxylation is 1. The van der Waals surface area contributed by atoms with Gasteiger partial charge >= 0.3 is 5.97 Å². The van der Waals surface area contributed by atoms with Gasteiger partial charge in [-0.15, -0.1) is 0 Å². The first-order valence-electron chi connectivity index (χ1n) is 7.41. The van der Waals surface area contributed by atoms with Gasteiger partial charge in [0.25, 0.3) is 5.69 Å². The second-order valence-corrected chi connectivity index (χ2v) is 5.04. The van der Waals surface area contributed by atoms with Crippen LogP contribution >= 0.6 is 0 Å². The summed E-state index contributed by atoms with van der Waals surface area (Å²) in [5.74, 6) is -0.104. The van der Waals surface area contributed by atoms with Crippen molar-refractivity contribution in [2.75, 3.05) is 6.61 Å². The van der Waals surface area contributed by atoms with Crippen molar-refractivity contribution in [1.82, 2.24) is 9.55 Å². The molecule has 0 N–H and O–H groups in total. The third-order valence-electron chi connectivity index (χ3n) is 3.41. The van der Waals surface area contributed by atoms with Crippen LogP contribution in [0.5, 0.6) is 0 Å². The third-order valence-corrected chi connectivity index (χ3v) is 3.41. The maximum absolute atomic E-state index is 11.5. The van der Waals surface area contributed by atoms with Crippen molar-refractivity contribution in [3.63, 3.8) is 0 Å². The van der Waals surface area contributed by atoms with Crippen LogP contribution in [0.2, 0.25) is 0 Å². The van der Waals surface area contributed by atoms with Crippen LogP contribution in [0.3, 0.4) is 0 Å². The number of nitro groups is 1. The number of Topliss-reactive ketones (excluding diaryl/α,β-unsaturated/α-hetero) is 1. The average Bonchev–Trinajstić information content (AvgIpc) is 3.00. The first kappa shape index (κ1) is 17.3. The zero-order valence-electron chi connectivity index (χ0n) is 13.4. The molecule has 0 spiro atoms. The number of ether oxygens (including phenoxy) is 1. The molecule has 0 aliphatic heterocycles. The summed E-state index contributed by atoms with van der Waals surface area (Å²) in [7, 11) is 0. The molecular formula is C16H17N3O5. The number of nitrogens with zero attached hydrogens (tertiary/aromatic N) is 3. The highest BCUT2D eigenvalue weighted by Crippen LogP contribution is 2.26. The van der Waals surface area contributed by atoms with Gasteiger partial charge in [0.2, 0.25) is 0 Å². The summed E-state index contributed by atoms with van der Waals surface area (Å²) in [5, 5.41) is 11.3. The van der Waals surface area contributed by atoms with E-state index in [4.69, 9.17) is 4.74 Å². The number of hydrogen-bond acceptors (Lipinski definition) is 6. The standard InChI is InChI=1S/C16H17N3O5/c1-3-24-16(21)7-6-15-17-8-9-18(15)13-5-4-12(11(2)20)10-14(13)19(22)23/h4-5,8-10H,3,6-7H2,1-2H3. The summed E-state index contributed by atoms with van der Waals surface area (Å²) in [5.41, 5.74) is 0.359. The van der Waals surface area contributed by atoms with E-state index >= 15 is 0 Å². The molecule has 0 radical (unpaired) electrons. The molecule has 0 aliphatic rings. The predicted molar refractivity (Wildman–Crippen MR) is 85.2 cm³/mol.